The molecule has 0 spiro atoms. The van der Waals surface area contributed by atoms with Gasteiger partial charge in [-0.15, -0.1) is 0 Å². The SMILES string of the molecule is CCOC(=O)c1oc2ccc(CN(C)C)cc2c1C. The normalized spacial score (nSPS) is 11.2. The molecule has 0 radical (unpaired) electrons. The Hall–Kier alpha value is -1.81. The van der Waals surface area contributed by atoms with Gasteiger partial charge in [0.25, 0.3) is 0 Å². The largest absolute Gasteiger partial charge is 0.460 e. The molecule has 0 fully saturated rings. The van der Waals surface area contributed by atoms with Gasteiger partial charge in [0, 0.05) is 17.5 Å². The van der Waals surface area contributed by atoms with E-state index in [4.69, 9.17) is 9.15 Å². The van der Waals surface area contributed by atoms with Crippen LogP contribution in [-0.4, -0.2) is 31.6 Å². The molecular formula is C15H19NO3. The number of carbonyl (C=O) groups is 1. The molecule has 1 heterocycles. The molecule has 19 heavy (non-hydrogen) atoms. The summed E-state index contributed by atoms with van der Waals surface area (Å²) in [7, 11) is 4.05. The van der Waals surface area contributed by atoms with Crippen molar-refractivity contribution in [2.24, 2.45) is 0 Å². The van der Waals surface area contributed by atoms with Gasteiger partial charge in [0.2, 0.25) is 5.76 Å². The van der Waals surface area contributed by atoms with E-state index in [2.05, 4.69) is 11.0 Å². The fourth-order valence-corrected chi connectivity index (χ4v) is 2.12. The first-order valence-corrected chi connectivity index (χ1v) is 6.36. The quantitative estimate of drug-likeness (QED) is 0.793. The number of esters is 1. The van der Waals surface area contributed by atoms with Crippen molar-refractivity contribution in [1.29, 1.82) is 0 Å². The number of ether oxygens (including phenoxy) is 1. The van der Waals surface area contributed by atoms with Crippen molar-refractivity contribution >= 4 is 16.9 Å². The molecule has 2 aromatic rings. The average molecular weight is 261 g/mol. The summed E-state index contributed by atoms with van der Waals surface area (Å²) in [5.41, 5.74) is 2.76. The predicted molar refractivity (Wildman–Crippen MR) is 74.3 cm³/mol. The number of fused-ring (bicyclic) bond motifs is 1. The van der Waals surface area contributed by atoms with Crippen LogP contribution in [0.1, 0.15) is 28.6 Å². The second kappa shape index (κ2) is 5.45. The number of hydrogen-bond donors (Lipinski definition) is 0. The number of benzene rings is 1. The van der Waals surface area contributed by atoms with E-state index in [1.165, 1.54) is 5.56 Å². The Morgan fingerprint density at radius 3 is 2.74 bits per heavy atom. The number of rotatable bonds is 4. The monoisotopic (exact) mass is 261 g/mol. The highest BCUT2D eigenvalue weighted by molar-refractivity contribution is 5.96. The molecule has 0 saturated carbocycles. The van der Waals surface area contributed by atoms with Crippen molar-refractivity contribution in [3.63, 3.8) is 0 Å². The highest BCUT2D eigenvalue weighted by Crippen LogP contribution is 2.27. The third kappa shape index (κ3) is 2.79. The summed E-state index contributed by atoms with van der Waals surface area (Å²) in [4.78, 5) is 13.9. The minimum Gasteiger partial charge on any atom is -0.460 e. The molecule has 0 atom stereocenters. The maximum Gasteiger partial charge on any atom is 0.374 e. The van der Waals surface area contributed by atoms with Gasteiger partial charge in [-0.1, -0.05) is 6.07 Å². The van der Waals surface area contributed by atoms with Crippen LogP contribution in [0.15, 0.2) is 22.6 Å². The summed E-state index contributed by atoms with van der Waals surface area (Å²) in [6.45, 7) is 4.87. The molecular weight excluding hydrogens is 242 g/mol. The van der Waals surface area contributed by atoms with E-state index < -0.39 is 5.97 Å². The Bertz CT molecular complexity index is 599. The molecule has 4 nitrogen and oxygen atoms in total. The second-order valence-electron chi connectivity index (χ2n) is 4.84. The van der Waals surface area contributed by atoms with Gasteiger partial charge < -0.3 is 14.1 Å². The molecule has 4 heteroatoms. The summed E-state index contributed by atoms with van der Waals surface area (Å²) in [6.07, 6.45) is 0. The number of hydrogen-bond acceptors (Lipinski definition) is 4. The number of furan rings is 1. The first-order valence-electron chi connectivity index (χ1n) is 6.36. The van der Waals surface area contributed by atoms with Crippen molar-refractivity contribution in [3.8, 4) is 0 Å². The van der Waals surface area contributed by atoms with Gasteiger partial charge in [0.1, 0.15) is 5.58 Å². The fourth-order valence-electron chi connectivity index (χ4n) is 2.12. The predicted octanol–water partition coefficient (Wildman–Crippen LogP) is 2.98. The number of carbonyl (C=O) groups excluding carboxylic acids is 1. The van der Waals surface area contributed by atoms with E-state index in [9.17, 15) is 4.79 Å². The van der Waals surface area contributed by atoms with Crippen LogP contribution in [-0.2, 0) is 11.3 Å². The van der Waals surface area contributed by atoms with E-state index in [1.54, 1.807) is 6.92 Å². The van der Waals surface area contributed by atoms with Crippen LogP contribution in [0.25, 0.3) is 11.0 Å². The lowest BCUT2D eigenvalue weighted by Gasteiger charge is -2.09. The van der Waals surface area contributed by atoms with Crippen molar-refractivity contribution in [2.75, 3.05) is 20.7 Å². The molecule has 102 valence electrons. The van der Waals surface area contributed by atoms with Crippen LogP contribution >= 0.6 is 0 Å². The molecule has 0 aliphatic heterocycles. The Morgan fingerprint density at radius 1 is 1.37 bits per heavy atom. The van der Waals surface area contributed by atoms with Crippen molar-refractivity contribution in [3.05, 3.63) is 35.1 Å². The molecule has 0 N–H and O–H groups in total. The van der Waals surface area contributed by atoms with Crippen LogP contribution in [0.2, 0.25) is 0 Å². The minimum atomic E-state index is -0.398. The van der Waals surface area contributed by atoms with Gasteiger partial charge in [-0.3, -0.25) is 0 Å². The van der Waals surface area contributed by atoms with E-state index in [1.807, 2.05) is 33.2 Å². The maximum atomic E-state index is 11.8. The highest BCUT2D eigenvalue weighted by atomic mass is 16.5. The van der Waals surface area contributed by atoms with Crippen LogP contribution in [0.5, 0.6) is 0 Å². The standard InChI is InChI=1S/C15H19NO3/c1-5-18-15(17)14-10(2)12-8-11(9-16(3)4)6-7-13(12)19-14/h6-8H,5,9H2,1-4H3. The van der Waals surface area contributed by atoms with Crippen LogP contribution in [0.4, 0.5) is 0 Å². The molecule has 0 saturated heterocycles. The third-order valence-corrected chi connectivity index (χ3v) is 2.96. The van der Waals surface area contributed by atoms with Crippen molar-refractivity contribution in [1.82, 2.24) is 4.90 Å². The smallest absolute Gasteiger partial charge is 0.374 e. The summed E-state index contributed by atoms with van der Waals surface area (Å²) < 4.78 is 10.6. The summed E-state index contributed by atoms with van der Waals surface area (Å²) in [5.74, 6) is -0.0933. The topological polar surface area (TPSA) is 42.7 Å². The van der Waals surface area contributed by atoms with Gasteiger partial charge in [0.05, 0.1) is 6.61 Å². The average Bonchev–Trinajstić information content (AvgIpc) is 2.67. The lowest BCUT2D eigenvalue weighted by Crippen LogP contribution is -2.10. The van der Waals surface area contributed by atoms with Gasteiger partial charge in [-0.25, -0.2) is 4.79 Å². The molecule has 0 unspecified atom stereocenters. The highest BCUT2D eigenvalue weighted by Gasteiger charge is 2.18. The number of aryl methyl sites for hydroxylation is 1. The summed E-state index contributed by atoms with van der Waals surface area (Å²) in [6, 6.07) is 5.99. The molecule has 1 aromatic carbocycles. The molecule has 0 amide bonds. The van der Waals surface area contributed by atoms with Crippen LogP contribution in [0.3, 0.4) is 0 Å². The summed E-state index contributed by atoms with van der Waals surface area (Å²) >= 11 is 0. The first kappa shape index (κ1) is 13.6. The fraction of sp³-hybridized carbons (Fsp3) is 0.400. The van der Waals surface area contributed by atoms with Gasteiger partial charge in [0.15, 0.2) is 0 Å². The minimum absolute atomic E-state index is 0.304. The van der Waals surface area contributed by atoms with Crippen LogP contribution < -0.4 is 0 Å². The zero-order valence-electron chi connectivity index (χ0n) is 11.8. The van der Waals surface area contributed by atoms with E-state index in [0.717, 1.165) is 23.1 Å². The molecule has 0 aliphatic carbocycles. The summed E-state index contributed by atoms with van der Waals surface area (Å²) in [5, 5.41) is 0.974. The van der Waals surface area contributed by atoms with E-state index in [0.29, 0.717) is 12.4 Å². The van der Waals surface area contributed by atoms with E-state index >= 15 is 0 Å². The Kier molecular flexibility index (Phi) is 3.90. The maximum absolute atomic E-state index is 11.8. The molecule has 0 aliphatic rings. The van der Waals surface area contributed by atoms with E-state index in [-0.39, 0.29) is 0 Å². The third-order valence-electron chi connectivity index (χ3n) is 2.96. The van der Waals surface area contributed by atoms with Gasteiger partial charge >= 0.3 is 5.97 Å². The lowest BCUT2D eigenvalue weighted by molar-refractivity contribution is 0.0491. The zero-order chi connectivity index (χ0) is 14.0. The zero-order valence-corrected chi connectivity index (χ0v) is 11.8. The van der Waals surface area contributed by atoms with Crippen LogP contribution in [0, 0.1) is 6.92 Å². The Labute approximate surface area is 112 Å². The molecule has 0 bridgehead atoms. The lowest BCUT2D eigenvalue weighted by atomic mass is 10.1. The first-order chi connectivity index (χ1) is 9.02. The van der Waals surface area contributed by atoms with Gasteiger partial charge in [-0.05, 0) is 45.6 Å². The molecule has 1 aromatic heterocycles. The Morgan fingerprint density at radius 2 is 2.11 bits per heavy atom. The van der Waals surface area contributed by atoms with Crippen molar-refractivity contribution < 1.29 is 13.9 Å². The number of nitrogens with zero attached hydrogens (tertiary/aromatic N) is 1. The Balaban J connectivity index is 2.43. The molecule has 2 rings (SSSR count). The second-order valence-corrected chi connectivity index (χ2v) is 4.84. The van der Waals surface area contributed by atoms with Gasteiger partial charge in [-0.2, -0.15) is 0 Å². The van der Waals surface area contributed by atoms with Crippen molar-refractivity contribution in [2.45, 2.75) is 20.4 Å².